The number of nitrogens with zero attached hydrogens (tertiary/aromatic N) is 4. The molecule has 3 aromatic rings. The summed E-state index contributed by atoms with van der Waals surface area (Å²) in [6.45, 7) is 6.83. The summed E-state index contributed by atoms with van der Waals surface area (Å²) in [5.74, 6) is 0.457. The third-order valence-electron chi connectivity index (χ3n) is 5.26. The molecule has 0 spiro atoms. The van der Waals surface area contributed by atoms with Gasteiger partial charge in [0.25, 0.3) is 0 Å². The second kappa shape index (κ2) is 8.10. The van der Waals surface area contributed by atoms with Gasteiger partial charge in [-0.25, -0.2) is 9.07 Å². The fourth-order valence-electron chi connectivity index (χ4n) is 3.62. The van der Waals surface area contributed by atoms with E-state index in [0.29, 0.717) is 24.4 Å². The molecule has 1 saturated heterocycles. The Morgan fingerprint density at radius 2 is 2.04 bits per heavy atom. The van der Waals surface area contributed by atoms with Crippen molar-refractivity contribution in [1.82, 2.24) is 19.9 Å². The second-order valence-corrected chi connectivity index (χ2v) is 7.53. The van der Waals surface area contributed by atoms with E-state index >= 15 is 0 Å². The van der Waals surface area contributed by atoms with Gasteiger partial charge in [-0.05, 0) is 50.1 Å². The van der Waals surface area contributed by atoms with Crippen molar-refractivity contribution in [2.75, 3.05) is 13.1 Å². The Labute approximate surface area is 164 Å². The molecule has 2 aromatic carbocycles. The molecule has 0 N–H and O–H groups in total. The van der Waals surface area contributed by atoms with Gasteiger partial charge in [0.15, 0.2) is 0 Å². The molecule has 146 valence electrons. The molecule has 1 fully saturated rings. The highest BCUT2D eigenvalue weighted by Crippen LogP contribution is 2.30. The third kappa shape index (κ3) is 4.07. The molecule has 1 aliphatic heterocycles. The number of hydrogen-bond acceptors (Lipinski definition) is 4. The summed E-state index contributed by atoms with van der Waals surface area (Å²) in [6, 6.07) is 15.1. The molecule has 28 heavy (non-hydrogen) atoms. The highest BCUT2D eigenvalue weighted by atomic mass is 19.1. The first-order valence-corrected chi connectivity index (χ1v) is 9.72. The highest BCUT2D eigenvalue weighted by molar-refractivity contribution is 5.66. The van der Waals surface area contributed by atoms with E-state index < -0.39 is 0 Å². The van der Waals surface area contributed by atoms with Crippen LogP contribution < -0.4 is 4.74 Å². The number of likely N-dealkylation sites (tertiary alicyclic amines) is 1. The van der Waals surface area contributed by atoms with Crippen molar-refractivity contribution in [1.29, 1.82) is 0 Å². The minimum atomic E-state index is -0.260. The molecular formula is C22H25FN4O. The topological polar surface area (TPSA) is 43.2 Å². The SMILES string of the molecule is CC(C)N1CCC(n2cc(-c3ccccc3OCc3cccc(F)c3)nn2)C1. The number of ether oxygens (including phenoxy) is 1. The van der Waals surface area contributed by atoms with Crippen LogP contribution in [0.4, 0.5) is 4.39 Å². The maximum Gasteiger partial charge on any atom is 0.129 e. The summed E-state index contributed by atoms with van der Waals surface area (Å²) in [5, 5.41) is 8.76. The van der Waals surface area contributed by atoms with Gasteiger partial charge in [-0.2, -0.15) is 0 Å². The largest absolute Gasteiger partial charge is 0.488 e. The van der Waals surface area contributed by atoms with Crippen LogP contribution in [0.1, 0.15) is 31.9 Å². The first-order chi connectivity index (χ1) is 13.6. The van der Waals surface area contributed by atoms with Gasteiger partial charge in [-0.3, -0.25) is 4.90 Å². The van der Waals surface area contributed by atoms with E-state index in [1.54, 1.807) is 6.07 Å². The van der Waals surface area contributed by atoms with Crippen LogP contribution in [0.25, 0.3) is 11.3 Å². The van der Waals surface area contributed by atoms with Crippen LogP contribution in [0, 0.1) is 5.82 Å². The zero-order valence-electron chi connectivity index (χ0n) is 16.3. The lowest BCUT2D eigenvalue weighted by molar-refractivity contribution is 0.262. The Hall–Kier alpha value is -2.73. The minimum Gasteiger partial charge on any atom is -0.488 e. The van der Waals surface area contributed by atoms with E-state index in [9.17, 15) is 4.39 Å². The normalized spacial score (nSPS) is 17.4. The standard InChI is InChI=1S/C22H25FN4O/c1-16(2)26-11-10-19(13-26)27-14-21(24-25-27)20-8-3-4-9-22(20)28-15-17-6-5-7-18(23)12-17/h3-9,12,14,16,19H,10-11,13,15H2,1-2H3. The molecule has 0 radical (unpaired) electrons. The van der Waals surface area contributed by atoms with Crippen LogP contribution in [-0.2, 0) is 6.61 Å². The molecule has 2 heterocycles. The third-order valence-corrected chi connectivity index (χ3v) is 5.26. The number of benzene rings is 2. The van der Waals surface area contributed by atoms with Gasteiger partial charge in [0.1, 0.15) is 23.9 Å². The minimum absolute atomic E-state index is 0.260. The number of hydrogen-bond donors (Lipinski definition) is 0. The van der Waals surface area contributed by atoms with Crippen molar-refractivity contribution in [3.05, 3.63) is 66.1 Å². The summed E-state index contributed by atoms with van der Waals surface area (Å²) in [6.07, 6.45) is 3.08. The van der Waals surface area contributed by atoms with Crippen LogP contribution in [-0.4, -0.2) is 39.0 Å². The van der Waals surface area contributed by atoms with Crippen LogP contribution in [0.3, 0.4) is 0 Å². The van der Waals surface area contributed by atoms with E-state index in [0.717, 1.165) is 36.3 Å². The molecule has 0 amide bonds. The monoisotopic (exact) mass is 380 g/mol. The Morgan fingerprint density at radius 3 is 2.82 bits per heavy atom. The second-order valence-electron chi connectivity index (χ2n) is 7.53. The summed E-state index contributed by atoms with van der Waals surface area (Å²) < 4.78 is 21.3. The Bertz CT molecular complexity index is 940. The van der Waals surface area contributed by atoms with Crippen LogP contribution in [0.15, 0.2) is 54.7 Å². The molecule has 0 aliphatic carbocycles. The lowest BCUT2D eigenvalue weighted by Crippen LogP contribution is -2.28. The Balaban J connectivity index is 1.50. The van der Waals surface area contributed by atoms with Crippen molar-refractivity contribution in [3.63, 3.8) is 0 Å². The molecule has 0 saturated carbocycles. The Kier molecular flexibility index (Phi) is 5.39. The molecule has 0 bridgehead atoms. The molecule has 1 aromatic heterocycles. The molecule has 1 unspecified atom stereocenters. The summed E-state index contributed by atoms with van der Waals surface area (Å²) in [7, 11) is 0. The quantitative estimate of drug-likeness (QED) is 0.639. The molecular weight excluding hydrogens is 355 g/mol. The molecule has 4 rings (SSSR count). The Morgan fingerprint density at radius 1 is 1.18 bits per heavy atom. The maximum absolute atomic E-state index is 13.4. The van der Waals surface area contributed by atoms with Crippen molar-refractivity contribution in [3.8, 4) is 17.0 Å². The van der Waals surface area contributed by atoms with Gasteiger partial charge in [-0.15, -0.1) is 5.10 Å². The molecule has 1 atom stereocenters. The van der Waals surface area contributed by atoms with Crippen molar-refractivity contribution in [2.24, 2.45) is 0 Å². The fourth-order valence-corrected chi connectivity index (χ4v) is 3.62. The first-order valence-electron chi connectivity index (χ1n) is 9.72. The van der Waals surface area contributed by atoms with Crippen LogP contribution in [0.5, 0.6) is 5.75 Å². The van der Waals surface area contributed by atoms with Gasteiger partial charge in [0.2, 0.25) is 0 Å². The van der Waals surface area contributed by atoms with Crippen molar-refractivity contribution < 1.29 is 9.13 Å². The van der Waals surface area contributed by atoms with Gasteiger partial charge in [-0.1, -0.05) is 29.5 Å². The number of halogens is 1. The van der Waals surface area contributed by atoms with Gasteiger partial charge in [0, 0.05) is 24.7 Å². The number of para-hydroxylation sites is 1. The molecule has 1 aliphatic rings. The van der Waals surface area contributed by atoms with Gasteiger partial charge >= 0.3 is 0 Å². The smallest absolute Gasteiger partial charge is 0.129 e. The zero-order valence-corrected chi connectivity index (χ0v) is 16.3. The first kappa shape index (κ1) is 18.6. The van der Waals surface area contributed by atoms with Crippen molar-refractivity contribution >= 4 is 0 Å². The fraction of sp³-hybridized carbons (Fsp3) is 0.364. The van der Waals surface area contributed by atoms with Crippen LogP contribution in [0.2, 0.25) is 0 Å². The van der Waals surface area contributed by atoms with Gasteiger partial charge in [0.05, 0.1) is 12.2 Å². The predicted molar refractivity (Wildman–Crippen MR) is 107 cm³/mol. The number of rotatable bonds is 6. The average Bonchev–Trinajstić information content (AvgIpc) is 3.36. The molecule has 5 nitrogen and oxygen atoms in total. The van der Waals surface area contributed by atoms with E-state index in [1.165, 1.54) is 12.1 Å². The summed E-state index contributed by atoms with van der Waals surface area (Å²) >= 11 is 0. The van der Waals surface area contributed by atoms with Crippen molar-refractivity contribution in [2.45, 2.75) is 39.0 Å². The lowest BCUT2D eigenvalue weighted by atomic mass is 10.1. The highest BCUT2D eigenvalue weighted by Gasteiger charge is 2.26. The summed E-state index contributed by atoms with van der Waals surface area (Å²) in [5.41, 5.74) is 2.47. The number of aromatic nitrogens is 3. The van der Waals surface area contributed by atoms with E-state index in [1.807, 2.05) is 41.2 Å². The van der Waals surface area contributed by atoms with Crippen LogP contribution >= 0.6 is 0 Å². The van der Waals surface area contributed by atoms with E-state index in [4.69, 9.17) is 4.74 Å². The van der Waals surface area contributed by atoms with E-state index in [2.05, 4.69) is 29.1 Å². The maximum atomic E-state index is 13.4. The zero-order chi connectivity index (χ0) is 19.5. The predicted octanol–water partition coefficient (Wildman–Crippen LogP) is 4.32. The van der Waals surface area contributed by atoms with Gasteiger partial charge < -0.3 is 4.74 Å². The lowest BCUT2D eigenvalue weighted by Gasteiger charge is -2.19. The van der Waals surface area contributed by atoms with E-state index in [-0.39, 0.29) is 5.82 Å². The average molecular weight is 380 g/mol. The summed E-state index contributed by atoms with van der Waals surface area (Å²) in [4.78, 5) is 2.46. The molecule has 6 heteroatoms.